The lowest BCUT2D eigenvalue weighted by molar-refractivity contribution is -0.122. The van der Waals surface area contributed by atoms with Crippen LogP contribution < -0.4 is 10.6 Å². The molecule has 3 nitrogen and oxygen atoms in total. The minimum Gasteiger partial charge on any atom is -0.354 e. The Morgan fingerprint density at radius 3 is 2.95 bits per heavy atom. The van der Waals surface area contributed by atoms with Crippen molar-refractivity contribution in [3.8, 4) is 0 Å². The van der Waals surface area contributed by atoms with Gasteiger partial charge in [-0.25, -0.2) is 4.39 Å². The molecule has 1 amide bonds. The fourth-order valence-electron chi connectivity index (χ4n) is 3.67. The Hall–Kier alpha value is -0.940. The Kier molecular flexibility index (Phi) is 5.14. The summed E-state index contributed by atoms with van der Waals surface area (Å²) in [6, 6.07) is 5.48. The zero-order chi connectivity index (χ0) is 15.5. The minimum atomic E-state index is -0.259. The van der Waals surface area contributed by atoms with Gasteiger partial charge in [0.15, 0.2) is 0 Å². The summed E-state index contributed by atoms with van der Waals surface area (Å²) < 4.78 is 13.6. The lowest BCUT2D eigenvalue weighted by atomic mass is 9.85. The molecule has 2 fully saturated rings. The monoisotopic (exact) mass is 368 g/mol. The minimum absolute atomic E-state index is 0.0342. The second-order valence-electron chi connectivity index (χ2n) is 6.40. The third-order valence-electron chi connectivity index (χ3n) is 4.88. The SMILES string of the molecule is O=C(NCCc1ccc(F)c(Br)c1)C1CC2CCCCC2N1. The van der Waals surface area contributed by atoms with Crippen LogP contribution in [0.2, 0.25) is 0 Å². The zero-order valence-electron chi connectivity index (χ0n) is 12.6. The normalized spacial score (nSPS) is 27.5. The molecule has 3 unspecified atom stereocenters. The average molecular weight is 369 g/mol. The highest BCUT2D eigenvalue weighted by Crippen LogP contribution is 2.33. The largest absolute Gasteiger partial charge is 0.354 e. The molecule has 0 spiro atoms. The molecule has 1 aromatic rings. The molecule has 22 heavy (non-hydrogen) atoms. The Morgan fingerprint density at radius 2 is 2.18 bits per heavy atom. The van der Waals surface area contributed by atoms with Crippen LogP contribution >= 0.6 is 15.9 Å². The van der Waals surface area contributed by atoms with Gasteiger partial charge in [-0.3, -0.25) is 4.79 Å². The van der Waals surface area contributed by atoms with Crippen LogP contribution in [0.3, 0.4) is 0 Å². The van der Waals surface area contributed by atoms with Crippen LogP contribution in [0, 0.1) is 11.7 Å². The number of hydrogen-bond acceptors (Lipinski definition) is 2. The third kappa shape index (κ3) is 3.69. The number of fused-ring (bicyclic) bond motifs is 1. The summed E-state index contributed by atoms with van der Waals surface area (Å²) in [5.41, 5.74) is 1.02. The highest BCUT2D eigenvalue weighted by Gasteiger charge is 2.37. The van der Waals surface area contributed by atoms with Crippen LogP contribution in [-0.2, 0) is 11.2 Å². The number of halogens is 2. The maximum Gasteiger partial charge on any atom is 0.237 e. The van der Waals surface area contributed by atoms with Crippen molar-refractivity contribution in [2.45, 2.75) is 50.6 Å². The number of carbonyl (C=O) groups is 1. The average Bonchev–Trinajstić information content (AvgIpc) is 2.95. The summed E-state index contributed by atoms with van der Waals surface area (Å²) in [7, 11) is 0. The fourth-order valence-corrected chi connectivity index (χ4v) is 4.10. The summed E-state index contributed by atoms with van der Waals surface area (Å²) in [5.74, 6) is 0.527. The number of rotatable bonds is 4. The van der Waals surface area contributed by atoms with E-state index in [9.17, 15) is 9.18 Å². The van der Waals surface area contributed by atoms with Crippen LogP contribution in [0.15, 0.2) is 22.7 Å². The zero-order valence-corrected chi connectivity index (χ0v) is 14.2. The number of nitrogens with one attached hydrogen (secondary N) is 2. The predicted molar refractivity (Wildman–Crippen MR) is 88.1 cm³/mol. The smallest absolute Gasteiger partial charge is 0.237 e. The second kappa shape index (κ2) is 7.09. The standard InChI is InChI=1S/C17H22BrFN2O/c18-13-9-11(5-6-14(13)19)7-8-20-17(22)16-10-12-3-1-2-4-15(12)21-16/h5-6,9,12,15-16,21H,1-4,7-8,10H2,(H,20,22). The number of benzene rings is 1. The molecule has 1 saturated carbocycles. The van der Waals surface area contributed by atoms with E-state index in [1.807, 2.05) is 0 Å². The van der Waals surface area contributed by atoms with Gasteiger partial charge >= 0.3 is 0 Å². The van der Waals surface area contributed by atoms with E-state index >= 15 is 0 Å². The van der Waals surface area contributed by atoms with Crippen molar-refractivity contribution >= 4 is 21.8 Å². The van der Waals surface area contributed by atoms with E-state index in [4.69, 9.17) is 0 Å². The Morgan fingerprint density at radius 1 is 1.36 bits per heavy atom. The van der Waals surface area contributed by atoms with Gasteiger partial charge in [0.05, 0.1) is 10.5 Å². The first kappa shape index (κ1) is 15.9. The molecule has 1 aromatic carbocycles. The molecule has 0 bridgehead atoms. The van der Waals surface area contributed by atoms with Crippen molar-refractivity contribution in [2.75, 3.05) is 6.54 Å². The topological polar surface area (TPSA) is 41.1 Å². The van der Waals surface area contributed by atoms with Gasteiger partial charge in [0.1, 0.15) is 5.82 Å². The maximum absolute atomic E-state index is 13.2. The molecular formula is C17H22BrFN2O. The number of hydrogen-bond donors (Lipinski definition) is 2. The lowest BCUT2D eigenvalue weighted by Gasteiger charge is -2.24. The lowest BCUT2D eigenvalue weighted by Crippen LogP contribution is -2.43. The van der Waals surface area contributed by atoms with Gasteiger partial charge in [-0.15, -0.1) is 0 Å². The van der Waals surface area contributed by atoms with Gasteiger partial charge in [0, 0.05) is 12.6 Å². The number of amides is 1. The van der Waals surface area contributed by atoms with Gasteiger partial charge in [-0.2, -0.15) is 0 Å². The van der Waals surface area contributed by atoms with E-state index in [1.54, 1.807) is 12.1 Å². The molecule has 1 aliphatic carbocycles. The third-order valence-corrected chi connectivity index (χ3v) is 5.48. The van der Waals surface area contributed by atoms with Crippen LogP contribution in [0.25, 0.3) is 0 Å². The molecule has 2 N–H and O–H groups in total. The Labute approximate surface area is 139 Å². The molecule has 120 valence electrons. The van der Waals surface area contributed by atoms with Crippen molar-refractivity contribution in [2.24, 2.45) is 5.92 Å². The molecule has 1 saturated heterocycles. The molecular weight excluding hydrogens is 347 g/mol. The van der Waals surface area contributed by atoms with Crippen LogP contribution in [0.1, 0.15) is 37.7 Å². The Bertz CT molecular complexity index is 537. The summed E-state index contributed by atoms with van der Waals surface area (Å²) in [4.78, 5) is 12.3. The quantitative estimate of drug-likeness (QED) is 0.856. The highest BCUT2D eigenvalue weighted by atomic mass is 79.9. The first-order chi connectivity index (χ1) is 10.6. The van der Waals surface area contributed by atoms with Crippen molar-refractivity contribution in [3.05, 3.63) is 34.1 Å². The van der Waals surface area contributed by atoms with Gasteiger partial charge < -0.3 is 10.6 Å². The molecule has 3 atom stereocenters. The second-order valence-corrected chi connectivity index (χ2v) is 7.25. The van der Waals surface area contributed by atoms with Crippen LogP contribution in [0.4, 0.5) is 4.39 Å². The van der Waals surface area contributed by atoms with Crippen molar-refractivity contribution in [1.82, 2.24) is 10.6 Å². The van der Waals surface area contributed by atoms with E-state index in [0.29, 0.717) is 29.4 Å². The summed E-state index contributed by atoms with van der Waals surface area (Å²) in [5, 5.41) is 6.50. The van der Waals surface area contributed by atoms with E-state index in [2.05, 4.69) is 26.6 Å². The molecule has 1 aliphatic heterocycles. The van der Waals surface area contributed by atoms with Crippen LogP contribution in [-0.4, -0.2) is 24.5 Å². The summed E-state index contributed by atoms with van der Waals surface area (Å²) in [6.07, 6.45) is 6.73. The summed E-state index contributed by atoms with van der Waals surface area (Å²) >= 11 is 3.18. The molecule has 0 aromatic heterocycles. The highest BCUT2D eigenvalue weighted by molar-refractivity contribution is 9.10. The maximum atomic E-state index is 13.2. The van der Waals surface area contributed by atoms with E-state index in [0.717, 1.165) is 12.0 Å². The van der Waals surface area contributed by atoms with Crippen LogP contribution in [0.5, 0.6) is 0 Å². The van der Waals surface area contributed by atoms with E-state index in [-0.39, 0.29) is 17.8 Å². The van der Waals surface area contributed by atoms with Gasteiger partial charge in [0.2, 0.25) is 5.91 Å². The first-order valence-corrected chi connectivity index (χ1v) is 8.90. The fraction of sp³-hybridized carbons (Fsp3) is 0.588. The predicted octanol–water partition coefficient (Wildman–Crippen LogP) is 3.17. The van der Waals surface area contributed by atoms with Gasteiger partial charge in [-0.05, 0) is 65.2 Å². The molecule has 0 radical (unpaired) electrons. The Balaban J connectivity index is 1.45. The summed E-state index contributed by atoms with van der Waals surface area (Å²) in [6.45, 7) is 0.588. The van der Waals surface area contributed by atoms with Crippen molar-refractivity contribution in [3.63, 3.8) is 0 Å². The van der Waals surface area contributed by atoms with E-state index in [1.165, 1.54) is 31.7 Å². The van der Waals surface area contributed by atoms with Gasteiger partial charge in [0.25, 0.3) is 0 Å². The molecule has 1 heterocycles. The molecule has 2 aliphatic rings. The molecule has 5 heteroatoms. The van der Waals surface area contributed by atoms with Crippen molar-refractivity contribution < 1.29 is 9.18 Å². The first-order valence-electron chi connectivity index (χ1n) is 8.11. The van der Waals surface area contributed by atoms with Crippen molar-refractivity contribution in [1.29, 1.82) is 0 Å². The molecule has 3 rings (SSSR count). The van der Waals surface area contributed by atoms with E-state index < -0.39 is 0 Å². The van der Waals surface area contributed by atoms with Gasteiger partial charge in [-0.1, -0.05) is 18.9 Å². The number of carbonyl (C=O) groups excluding carboxylic acids is 1.